The highest BCUT2D eigenvalue weighted by atomic mass is 35.5. The second-order valence-corrected chi connectivity index (χ2v) is 6.24. The standard InChI is InChI=1S/C17H20ClNS/c1-11-9-15(16(18)10-12(11)2)17(19-3)13-5-7-14(20-4)8-6-13/h5-10,17,19H,1-4H3. The molecule has 0 saturated heterocycles. The van der Waals surface area contributed by atoms with Crippen LogP contribution in [-0.4, -0.2) is 13.3 Å². The van der Waals surface area contributed by atoms with Gasteiger partial charge in [0, 0.05) is 9.92 Å². The number of halogens is 1. The second kappa shape index (κ2) is 6.66. The maximum Gasteiger partial charge on any atom is 0.0589 e. The molecule has 1 nitrogen and oxygen atoms in total. The van der Waals surface area contributed by atoms with Crippen LogP contribution in [0, 0.1) is 13.8 Å². The molecule has 0 fully saturated rings. The molecule has 0 aliphatic carbocycles. The fraction of sp³-hybridized carbons (Fsp3) is 0.294. The lowest BCUT2D eigenvalue weighted by atomic mass is 9.95. The summed E-state index contributed by atoms with van der Waals surface area (Å²) in [6.45, 7) is 4.21. The maximum absolute atomic E-state index is 6.44. The van der Waals surface area contributed by atoms with E-state index in [1.807, 2.05) is 13.1 Å². The van der Waals surface area contributed by atoms with Gasteiger partial charge in [0.05, 0.1) is 6.04 Å². The van der Waals surface area contributed by atoms with E-state index >= 15 is 0 Å². The highest BCUT2D eigenvalue weighted by Crippen LogP contribution is 2.31. The molecule has 20 heavy (non-hydrogen) atoms. The SMILES string of the molecule is CNC(c1ccc(SC)cc1)c1cc(C)c(C)cc1Cl. The van der Waals surface area contributed by atoms with Crippen molar-refractivity contribution in [1.29, 1.82) is 0 Å². The van der Waals surface area contributed by atoms with Crippen LogP contribution in [0.5, 0.6) is 0 Å². The van der Waals surface area contributed by atoms with Crippen LogP contribution < -0.4 is 5.32 Å². The Morgan fingerprint density at radius 1 is 1.05 bits per heavy atom. The van der Waals surface area contributed by atoms with Crippen molar-refractivity contribution in [3.05, 3.63) is 63.7 Å². The van der Waals surface area contributed by atoms with Crippen molar-refractivity contribution in [1.82, 2.24) is 5.32 Å². The molecule has 2 rings (SSSR count). The molecule has 1 N–H and O–H groups in total. The quantitative estimate of drug-likeness (QED) is 0.799. The van der Waals surface area contributed by atoms with Gasteiger partial charge in [-0.15, -0.1) is 11.8 Å². The minimum Gasteiger partial charge on any atom is -0.309 e. The lowest BCUT2D eigenvalue weighted by molar-refractivity contribution is 0.690. The molecule has 0 heterocycles. The maximum atomic E-state index is 6.44. The topological polar surface area (TPSA) is 12.0 Å². The van der Waals surface area contributed by atoms with Crippen molar-refractivity contribution in [2.45, 2.75) is 24.8 Å². The Kier molecular flexibility index (Phi) is 5.14. The molecule has 0 radical (unpaired) electrons. The lowest BCUT2D eigenvalue weighted by Gasteiger charge is -2.20. The number of aryl methyl sites for hydroxylation is 2. The first-order valence-electron chi connectivity index (χ1n) is 6.64. The highest BCUT2D eigenvalue weighted by molar-refractivity contribution is 7.98. The zero-order chi connectivity index (χ0) is 14.7. The van der Waals surface area contributed by atoms with Crippen LogP contribution in [0.3, 0.4) is 0 Å². The number of rotatable bonds is 4. The third kappa shape index (κ3) is 3.20. The number of benzene rings is 2. The highest BCUT2D eigenvalue weighted by Gasteiger charge is 2.16. The van der Waals surface area contributed by atoms with Crippen LogP contribution in [0.1, 0.15) is 28.3 Å². The molecule has 0 bridgehead atoms. The van der Waals surface area contributed by atoms with Crippen molar-refractivity contribution < 1.29 is 0 Å². The summed E-state index contributed by atoms with van der Waals surface area (Å²) in [6, 6.07) is 13.0. The molecule has 1 unspecified atom stereocenters. The first-order valence-corrected chi connectivity index (χ1v) is 8.25. The largest absolute Gasteiger partial charge is 0.309 e. The predicted octanol–water partition coefficient (Wildman–Crippen LogP) is 4.99. The lowest BCUT2D eigenvalue weighted by Crippen LogP contribution is -2.18. The average molecular weight is 306 g/mol. The fourth-order valence-corrected chi connectivity index (χ4v) is 3.06. The smallest absolute Gasteiger partial charge is 0.0589 e. The van der Waals surface area contributed by atoms with E-state index in [4.69, 9.17) is 11.6 Å². The summed E-state index contributed by atoms with van der Waals surface area (Å²) in [4.78, 5) is 1.27. The minimum atomic E-state index is 0.123. The zero-order valence-electron chi connectivity index (χ0n) is 12.3. The van der Waals surface area contributed by atoms with Crippen LogP contribution in [0.15, 0.2) is 41.3 Å². The van der Waals surface area contributed by atoms with Crippen LogP contribution in [-0.2, 0) is 0 Å². The monoisotopic (exact) mass is 305 g/mol. The van der Waals surface area contributed by atoms with Crippen molar-refractivity contribution in [2.24, 2.45) is 0 Å². The Balaban J connectivity index is 2.43. The van der Waals surface area contributed by atoms with E-state index in [0.717, 1.165) is 10.6 Å². The molecule has 2 aromatic rings. The molecule has 1 atom stereocenters. The van der Waals surface area contributed by atoms with Gasteiger partial charge >= 0.3 is 0 Å². The molecule has 0 aromatic heterocycles. The zero-order valence-corrected chi connectivity index (χ0v) is 13.9. The number of thioether (sulfide) groups is 1. The van der Waals surface area contributed by atoms with Crippen molar-refractivity contribution in [3.63, 3.8) is 0 Å². The van der Waals surface area contributed by atoms with Gasteiger partial charge in [0.2, 0.25) is 0 Å². The van der Waals surface area contributed by atoms with E-state index in [2.05, 4.69) is 55.8 Å². The van der Waals surface area contributed by atoms with Crippen LogP contribution in [0.4, 0.5) is 0 Å². The van der Waals surface area contributed by atoms with Crippen LogP contribution in [0.25, 0.3) is 0 Å². The van der Waals surface area contributed by atoms with Gasteiger partial charge in [-0.25, -0.2) is 0 Å². The molecule has 0 saturated carbocycles. The molecule has 0 spiro atoms. The number of hydrogen-bond acceptors (Lipinski definition) is 2. The normalized spacial score (nSPS) is 12.4. The molecule has 0 amide bonds. The van der Waals surface area contributed by atoms with Gasteiger partial charge in [-0.2, -0.15) is 0 Å². The minimum absolute atomic E-state index is 0.123. The molecule has 106 valence electrons. The third-order valence-corrected chi connectivity index (χ3v) is 4.73. The Bertz CT molecular complexity index is 593. The van der Waals surface area contributed by atoms with Gasteiger partial charge in [0.1, 0.15) is 0 Å². The summed E-state index contributed by atoms with van der Waals surface area (Å²) in [5.41, 5.74) is 4.86. The van der Waals surface area contributed by atoms with E-state index in [9.17, 15) is 0 Å². The van der Waals surface area contributed by atoms with Crippen LogP contribution >= 0.6 is 23.4 Å². The van der Waals surface area contributed by atoms with Gasteiger partial charge in [-0.1, -0.05) is 29.8 Å². The molecule has 0 aliphatic heterocycles. The third-order valence-electron chi connectivity index (χ3n) is 3.66. The van der Waals surface area contributed by atoms with E-state index in [0.29, 0.717) is 0 Å². The van der Waals surface area contributed by atoms with Gasteiger partial charge in [0.15, 0.2) is 0 Å². The molecular formula is C17H20ClNS. The first kappa shape index (κ1) is 15.4. The van der Waals surface area contributed by atoms with Crippen molar-refractivity contribution in [2.75, 3.05) is 13.3 Å². The van der Waals surface area contributed by atoms with Crippen molar-refractivity contribution in [3.8, 4) is 0 Å². The Morgan fingerprint density at radius 2 is 1.65 bits per heavy atom. The fourth-order valence-electron chi connectivity index (χ4n) is 2.32. The van der Waals surface area contributed by atoms with Crippen LogP contribution in [0.2, 0.25) is 5.02 Å². The molecule has 3 heteroatoms. The predicted molar refractivity (Wildman–Crippen MR) is 90.1 cm³/mol. The summed E-state index contributed by atoms with van der Waals surface area (Å²) < 4.78 is 0. The Labute approximate surface area is 130 Å². The summed E-state index contributed by atoms with van der Waals surface area (Å²) >= 11 is 8.19. The van der Waals surface area contributed by atoms with E-state index in [-0.39, 0.29) is 6.04 Å². The van der Waals surface area contributed by atoms with Gasteiger partial charge in [-0.05, 0) is 67.6 Å². The molecule has 0 aliphatic rings. The van der Waals surface area contributed by atoms with Gasteiger partial charge in [-0.3, -0.25) is 0 Å². The summed E-state index contributed by atoms with van der Waals surface area (Å²) in [5.74, 6) is 0. The first-order chi connectivity index (χ1) is 9.56. The Morgan fingerprint density at radius 3 is 2.20 bits per heavy atom. The van der Waals surface area contributed by atoms with E-state index in [1.54, 1.807) is 11.8 Å². The van der Waals surface area contributed by atoms with E-state index in [1.165, 1.54) is 21.6 Å². The molecular weight excluding hydrogens is 286 g/mol. The average Bonchev–Trinajstić information content (AvgIpc) is 2.46. The van der Waals surface area contributed by atoms with Crippen molar-refractivity contribution >= 4 is 23.4 Å². The molecule has 2 aromatic carbocycles. The van der Waals surface area contributed by atoms with E-state index < -0.39 is 0 Å². The summed E-state index contributed by atoms with van der Waals surface area (Å²) in [5, 5.41) is 4.19. The summed E-state index contributed by atoms with van der Waals surface area (Å²) in [6.07, 6.45) is 2.09. The Hall–Kier alpha value is -0.960. The van der Waals surface area contributed by atoms with Gasteiger partial charge in [0.25, 0.3) is 0 Å². The van der Waals surface area contributed by atoms with Gasteiger partial charge < -0.3 is 5.32 Å². The number of nitrogens with one attached hydrogen (secondary N) is 1. The second-order valence-electron chi connectivity index (χ2n) is 4.95. The number of hydrogen-bond donors (Lipinski definition) is 1. The summed E-state index contributed by atoms with van der Waals surface area (Å²) in [7, 11) is 1.97.